The highest BCUT2D eigenvalue weighted by molar-refractivity contribution is 6.45. The Morgan fingerprint density at radius 3 is 2.48 bits per heavy atom. The van der Waals surface area contributed by atoms with Crippen molar-refractivity contribution in [2.45, 2.75) is 45.1 Å². The molecule has 5 amide bonds. The highest BCUT2D eigenvalue weighted by Crippen LogP contribution is 2.26. The molecule has 0 bridgehead atoms. The van der Waals surface area contributed by atoms with Gasteiger partial charge in [0, 0.05) is 19.2 Å². The SMILES string of the molecule is Cc1cc(NC(=O)CN2C(=O)C(=O)N(C3CCCCC3)C2=O)n(C)n1. The zero-order valence-electron chi connectivity index (χ0n) is 14.3. The lowest BCUT2D eigenvalue weighted by Crippen LogP contribution is -2.43. The van der Waals surface area contributed by atoms with Gasteiger partial charge in [0.25, 0.3) is 0 Å². The minimum absolute atomic E-state index is 0.245. The van der Waals surface area contributed by atoms with Gasteiger partial charge in [0.2, 0.25) is 5.91 Å². The number of nitrogens with zero attached hydrogens (tertiary/aromatic N) is 4. The van der Waals surface area contributed by atoms with E-state index < -0.39 is 30.3 Å². The molecule has 3 rings (SSSR count). The van der Waals surface area contributed by atoms with Gasteiger partial charge in [-0.15, -0.1) is 0 Å². The molecule has 9 nitrogen and oxygen atoms in total. The molecule has 2 heterocycles. The maximum absolute atomic E-state index is 12.5. The molecule has 9 heteroatoms. The third-order valence-electron chi connectivity index (χ3n) is 4.59. The van der Waals surface area contributed by atoms with Crippen molar-refractivity contribution in [3.63, 3.8) is 0 Å². The highest BCUT2D eigenvalue weighted by atomic mass is 16.2. The van der Waals surface area contributed by atoms with Gasteiger partial charge in [0.05, 0.1) is 5.69 Å². The van der Waals surface area contributed by atoms with Crippen molar-refractivity contribution in [3.05, 3.63) is 11.8 Å². The van der Waals surface area contributed by atoms with Crippen LogP contribution in [0.3, 0.4) is 0 Å². The summed E-state index contributed by atoms with van der Waals surface area (Å²) in [6.07, 6.45) is 4.33. The summed E-state index contributed by atoms with van der Waals surface area (Å²) in [5, 5.41) is 6.70. The molecule has 1 saturated heterocycles. The van der Waals surface area contributed by atoms with Crippen LogP contribution in [0.5, 0.6) is 0 Å². The Hall–Kier alpha value is -2.71. The summed E-state index contributed by atoms with van der Waals surface area (Å²) in [6.45, 7) is 1.29. The molecule has 0 unspecified atom stereocenters. The van der Waals surface area contributed by atoms with Gasteiger partial charge >= 0.3 is 17.8 Å². The lowest BCUT2D eigenvalue weighted by Gasteiger charge is -2.28. The maximum Gasteiger partial charge on any atom is 0.334 e. The van der Waals surface area contributed by atoms with Crippen LogP contribution in [0.25, 0.3) is 0 Å². The molecule has 1 aromatic heterocycles. The molecule has 1 aliphatic carbocycles. The Balaban J connectivity index is 1.68. The van der Waals surface area contributed by atoms with Crippen molar-refractivity contribution in [1.29, 1.82) is 0 Å². The number of hydrogen-bond donors (Lipinski definition) is 1. The highest BCUT2D eigenvalue weighted by Gasteiger charge is 2.48. The molecule has 0 spiro atoms. The van der Waals surface area contributed by atoms with Crippen molar-refractivity contribution >= 4 is 29.6 Å². The lowest BCUT2D eigenvalue weighted by molar-refractivity contribution is -0.144. The van der Waals surface area contributed by atoms with Crippen LogP contribution in [0.2, 0.25) is 0 Å². The predicted octanol–water partition coefficient (Wildman–Crippen LogP) is 0.791. The molecule has 2 fully saturated rings. The van der Waals surface area contributed by atoms with E-state index in [4.69, 9.17) is 0 Å². The van der Waals surface area contributed by atoms with E-state index >= 15 is 0 Å². The Bertz CT molecular complexity index is 735. The normalized spacial score (nSPS) is 19.0. The fourth-order valence-electron chi connectivity index (χ4n) is 3.38. The maximum atomic E-state index is 12.5. The molecule has 134 valence electrons. The molecular weight excluding hydrogens is 326 g/mol. The van der Waals surface area contributed by atoms with E-state index in [1.807, 2.05) is 0 Å². The first kappa shape index (κ1) is 17.1. The summed E-state index contributed by atoms with van der Waals surface area (Å²) < 4.78 is 1.49. The zero-order valence-corrected chi connectivity index (χ0v) is 14.3. The number of hydrogen-bond acceptors (Lipinski definition) is 5. The fraction of sp³-hybridized carbons (Fsp3) is 0.562. The molecule has 1 saturated carbocycles. The number of anilines is 1. The van der Waals surface area contributed by atoms with Crippen molar-refractivity contribution in [3.8, 4) is 0 Å². The second-order valence-corrected chi connectivity index (χ2v) is 6.48. The Morgan fingerprint density at radius 1 is 1.20 bits per heavy atom. The lowest BCUT2D eigenvalue weighted by atomic mass is 9.94. The number of urea groups is 1. The molecule has 25 heavy (non-hydrogen) atoms. The predicted molar refractivity (Wildman–Crippen MR) is 87.4 cm³/mol. The van der Waals surface area contributed by atoms with Gasteiger partial charge in [0.15, 0.2) is 0 Å². The average Bonchev–Trinajstić information content (AvgIpc) is 2.99. The van der Waals surface area contributed by atoms with Gasteiger partial charge in [-0.25, -0.2) is 9.69 Å². The summed E-state index contributed by atoms with van der Waals surface area (Å²) in [7, 11) is 1.67. The van der Waals surface area contributed by atoms with E-state index in [9.17, 15) is 19.2 Å². The van der Waals surface area contributed by atoms with Gasteiger partial charge in [-0.1, -0.05) is 19.3 Å². The third kappa shape index (κ3) is 3.26. The van der Waals surface area contributed by atoms with Crippen molar-refractivity contribution in [1.82, 2.24) is 19.6 Å². The average molecular weight is 347 g/mol. The first-order chi connectivity index (χ1) is 11.9. The van der Waals surface area contributed by atoms with Crippen LogP contribution in [0.15, 0.2) is 6.07 Å². The van der Waals surface area contributed by atoms with E-state index in [2.05, 4.69) is 10.4 Å². The van der Waals surface area contributed by atoms with Gasteiger partial charge in [-0.2, -0.15) is 5.10 Å². The summed E-state index contributed by atoms with van der Waals surface area (Å²) in [4.78, 5) is 50.8. The van der Waals surface area contributed by atoms with Crippen molar-refractivity contribution in [2.75, 3.05) is 11.9 Å². The summed E-state index contributed by atoms with van der Waals surface area (Å²) >= 11 is 0. The van der Waals surface area contributed by atoms with Crippen LogP contribution in [-0.4, -0.2) is 55.9 Å². The molecule has 2 aliphatic rings. The monoisotopic (exact) mass is 347 g/mol. The standard InChI is InChI=1S/C16H21N5O4/c1-10-8-12(19(2)18-10)17-13(22)9-20-14(23)15(24)21(16(20)25)11-6-4-3-5-7-11/h8,11H,3-7,9H2,1-2H3,(H,17,22). The molecule has 0 atom stereocenters. The number of carbonyl (C=O) groups is 4. The van der Waals surface area contributed by atoms with Gasteiger partial charge in [0.1, 0.15) is 12.4 Å². The van der Waals surface area contributed by atoms with E-state index in [0.29, 0.717) is 18.7 Å². The fourth-order valence-corrected chi connectivity index (χ4v) is 3.38. The Kier molecular flexibility index (Phi) is 4.56. The summed E-state index contributed by atoms with van der Waals surface area (Å²) in [5.74, 6) is -1.87. The van der Waals surface area contributed by atoms with E-state index in [-0.39, 0.29) is 6.04 Å². The number of aryl methyl sites for hydroxylation is 2. The van der Waals surface area contributed by atoms with Crippen LogP contribution < -0.4 is 5.32 Å². The number of aromatic nitrogens is 2. The summed E-state index contributed by atoms with van der Waals surface area (Å²) in [6, 6.07) is 0.731. The molecule has 1 aliphatic heterocycles. The second-order valence-electron chi connectivity index (χ2n) is 6.48. The molecule has 0 radical (unpaired) electrons. The number of imide groups is 2. The van der Waals surface area contributed by atoms with E-state index in [0.717, 1.165) is 34.8 Å². The van der Waals surface area contributed by atoms with E-state index in [1.165, 1.54) is 4.68 Å². The number of nitrogens with one attached hydrogen (secondary N) is 1. The number of rotatable bonds is 4. The summed E-state index contributed by atoms with van der Waals surface area (Å²) in [5.41, 5.74) is 0.727. The molecular formula is C16H21N5O4. The van der Waals surface area contributed by atoms with Crippen LogP contribution in [0.4, 0.5) is 10.6 Å². The number of amides is 5. The van der Waals surface area contributed by atoms with Crippen LogP contribution in [0, 0.1) is 6.92 Å². The molecule has 1 aromatic rings. The topological polar surface area (TPSA) is 105 Å². The van der Waals surface area contributed by atoms with Crippen molar-refractivity contribution < 1.29 is 19.2 Å². The third-order valence-corrected chi connectivity index (χ3v) is 4.59. The second kappa shape index (κ2) is 6.66. The first-order valence-electron chi connectivity index (χ1n) is 8.38. The largest absolute Gasteiger partial charge is 0.334 e. The molecule has 1 N–H and O–H groups in total. The number of carbonyl (C=O) groups excluding carboxylic acids is 4. The molecule has 0 aromatic carbocycles. The minimum Gasteiger partial charge on any atom is -0.309 e. The van der Waals surface area contributed by atoms with Gasteiger partial charge in [-0.05, 0) is 19.8 Å². The van der Waals surface area contributed by atoms with Gasteiger partial charge in [-0.3, -0.25) is 24.0 Å². The van der Waals surface area contributed by atoms with Crippen LogP contribution >= 0.6 is 0 Å². The Morgan fingerprint density at radius 2 is 1.88 bits per heavy atom. The zero-order chi connectivity index (χ0) is 18.1. The van der Waals surface area contributed by atoms with Crippen LogP contribution in [-0.2, 0) is 21.4 Å². The minimum atomic E-state index is -0.938. The quantitative estimate of drug-likeness (QED) is 0.640. The van der Waals surface area contributed by atoms with Crippen molar-refractivity contribution in [2.24, 2.45) is 7.05 Å². The smallest absolute Gasteiger partial charge is 0.309 e. The Labute approximate surface area is 144 Å². The van der Waals surface area contributed by atoms with E-state index in [1.54, 1.807) is 20.0 Å². The van der Waals surface area contributed by atoms with Crippen LogP contribution in [0.1, 0.15) is 37.8 Å². The van der Waals surface area contributed by atoms with Gasteiger partial charge < -0.3 is 5.32 Å². The first-order valence-corrected chi connectivity index (χ1v) is 8.38.